The van der Waals surface area contributed by atoms with Crippen molar-refractivity contribution < 1.29 is 15.3 Å². The molecule has 0 aliphatic heterocycles. The lowest BCUT2D eigenvalue weighted by atomic mass is 10.2. The molecule has 0 aliphatic carbocycles. The van der Waals surface area contributed by atoms with E-state index >= 15 is 0 Å². The van der Waals surface area contributed by atoms with Crippen molar-refractivity contribution in [2.45, 2.75) is 19.6 Å². The van der Waals surface area contributed by atoms with E-state index in [9.17, 15) is 15.3 Å². The van der Waals surface area contributed by atoms with Crippen LogP contribution in [0.1, 0.15) is 16.7 Å². The Morgan fingerprint density at radius 2 is 0.757 bits per heavy atom. The molecule has 0 bridgehead atoms. The zero-order valence-corrected chi connectivity index (χ0v) is 32.6. The normalized spacial score (nSPS) is 11.8. The molecule has 0 fully saturated rings. The number of nitrogens with zero attached hydrogens (tertiary/aromatic N) is 6. The molecule has 0 aromatic heterocycles. The highest BCUT2D eigenvalue weighted by molar-refractivity contribution is 14.1. The van der Waals surface area contributed by atoms with Crippen LogP contribution in [0.4, 0.5) is 0 Å². The second-order valence-electron chi connectivity index (χ2n) is 7.28. The van der Waals surface area contributed by atoms with E-state index in [1.54, 1.807) is 0 Å². The molecule has 0 unspecified atom stereocenters. The molecule has 0 heterocycles. The molecule has 0 amide bonds. The number of phenolic OH excluding ortho intramolecular Hbond substituents is 3. The van der Waals surface area contributed by atoms with Crippen LogP contribution in [0.25, 0.3) is 0 Å². The van der Waals surface area contributed by atoms with Gasteiger partial charge in [-0.25, -0.2) is 15.3 Å². The van der Waals surface area contributed by atoms with Gasteiger partial charge in [0.2, 0.25) is 0 Å². The van der Waals surface area contributed by atoms with Crippen LogP contribution in [-0.4, -0.2) is 30.1 Å². The molecule has 192 valence electrons. The highest BCUT2D eigenvalue weighted by atomic mass is 127. The Hall–Kier alpha value is 0.772. The van der Waals surface area contributed by atoms with Gasteiger partial charge in [0.15, 0.2) is 0 Å². The van der Waals surface area contributed by atoms with E-state index in [4.69, 9.17) is 0 Å². The van der Waals surface area contributed by atoms with Gasteiger partial charge >= 0.3 is 14.8 Å². The standard InChI is InChI=1S/3C7H5I2N2O.Al/c3*8-5-1-4(3-11-10)7(12)6(9)2-5;/h3*1-2,12H,3H2;/q3*-1;+3. The van der Waals surface area contributed by atoms with E-state index in [0.29, 0.717) is 16.7 Å². The number of hydrogen-bond donors (Lipinski definition) is 3. The molecule has 3 aromatic carbocycles. The lowest BCUT2D eigenvalue weighted by Gasteiger charge is -2.05. The van der Waals surface area contributed by atoms with Crippen molar-refractivity contribution in [3.8, 4) is 17.2 Å². The Kier molecular flexibility index (Phi) is 13.7. The third kappa shape index (κ3) is 9.97. The Labute approximate surface area is 299 Å². The molecule has 16 heteroatoms. The van der Waals surface area contributed by atoms with Crippen LogP contribution in [0.2, 0.25) is 0 Å². The van der Waals surface area contributed by atoms with Gasteiger partial charge in [-0.2, -0.15) is 0 Å². The average Bonchev–Trinajstić information content (AvgIpc) is 2.82. The molecule has 0 radical (unpaired) electrons. The monoisotopic (exact) mass is 1190 g/mol. The van der Waals surface area contributed by atoms with E-state index in [0.717, 1.165) is 21.4 Å². The predicted molar refractivity (Wildman–Crippen MR) is 192 cm³/mol. The van der Waals surface area contributed by atoms with Crippen molar-refractivity contribution in [3.63, 3.8) is 0 Å². The number of hydrogen-bond acceptors (Lipinski definition) is 9. The number of phenols is 3. The fourth-order valence-electron chi connectivity index (χ4n) is 2.86. The van der Waals surface area contributed by atoms with Gasteiger partial charge < -0.3 is 15.3 Å². The first-order valence-corrected chi connectivity index (χ1v) is 18.2. The first-order valence-electron chi connectivity index (χ1n) is 10.2. The largest absolute Gasteiger partial charge is 0.855 e. The maximum atomic E-state index is 10.3. The van der Waals surface area contributed by atoms with Gasteiger partial charge in [-0.3, -0.25) is 12.3 Å². The van der Waals surface area contributed by atoms with E-state index in [2.05, 4.69) is 163 Å². The summed E-state index contributed by atoms with van der Waals surface area (Å²) in [7, 11) is 0. The average molecular weight is 1190 g/mol. The van der Waals surface area contributed by atoms with Crippen molar-refractivity contribution in [2.75, 3.05) is 0 Å². The summed E-state index contributed by atoms with van der Waals surface area (Å²) in [6.45, 7) is 0.497. The van der Waals surface area contributed by atoms with Gasteiger partial charge in [0.25, 0.3) is 0 Å². The van der Waals surface area contributed by atoms with Crippen molar-refractivity contribution >= 4 is 150 Å². The zero-order chi connectivity index (χ0) is 27.1. The minimum atomic E-state index is -2.66. The van der Waals surface area contributed by atoms with Crippen molar-refractivity contribution in [1.29, 1.82) is 0 Å². The minimum absolute atomic E-state index is 0.166. The summed E-state index contributed by atoms with van der Waals surface area (Å²) in [5.41, 5.74) is 1.95. The topological polar surface area (TPSA) is 135 Å². The SMILES string of the molecule is Oc1c(I)cc(I)cc1C/N=[N]/[Al](/[N]=N/Cc1cc(I)cc(I)c1O)/[N]=N/Cc1cc(I)cc(I)c1O. The Bertz CT molecular complexity index is 1230. The summed E-state index contributed by atoms with van der Waals surface area (Å²) in [6.07, 6.45) is 0. The predicted octanol–water partition coefficient (Wildman–Crippen LogP) is 8.67. The molecule has 37 heavy (non-hydrogen) atoms. The van der Waals surface area contributed by atoms with E-state index in [1.165, 1.54) is 0 Å². The quantitative estimate of drug-likeness (QED) is 0.113. The Balaban J connectivity index is 1.80. The molecule has 0 saturated carbocycles. The Morgan fingerprint density at radius 3 is 1.03 bits per heavy atom. The molecule has 0 spiro atoms. The maximum absolute atomic E-state index is 10.3. The number of halogens is 6. The summed E-state index contributed by atoms with van der Waals surface area (Å²) in [5.74, 6) is 0.525. The highest BCUT2D eigenvalue weighted by Gasteiger charge is 2.24. The van der Waals surface area contributed by atoms with Gasteiger partial charge in [-0.05, 0) is 172 Å². The van der Waals surface area contributed by atoms with Crippen molar-refractivity contribution in [3.05, 3.63) is 74.5 Å². The summed E-state index contributed by atoms with van der Waals surface area (Å²) in [5, 5.41) is 43.7. The first-order chi connectivity index (χ1) is 17.5. The van der Waals surface area contributed by atoms with Gasteiger partial charge in [0.05, 0.1) is 30.3 Å². The minimum Gasteiger partial charge on any atom is -0.506 e. The lowest BCUT2D eigenvalue weighted by molar-refractivity contribution is 0.463. The molecule has 0 aliphatic rings. The molecular weight excluding hydrogens is 1170 g/mol. The summed E-state index contributed by atoms with van der Waals surface area (Å²) >= 11 is 10.1. The second kappa shape index (κ2) is 15.7. The molecule has 0 atom stereocenters. The summed E-state index contributed by atoms with van der Waals surface area (Å²) < 4.78 is 18.0. The van der Waals surface area contributed by atoms with Gasteiger partial charge in [-0.15, -0.1) is 0 Å². The summed E-state index contributed by atoms with van der Waals surface area (Å²) in [4.78, 5) is 0. The van der Waals surface area contributed by atoms with E-state index in [-0.39, 0.29) is 36.9 Å². The van der Waals surface area contributed by atoms with Crippen LogP contribution < -0.4 is 0 Å². The number of aromatic hydroxyl groups is 3. The fourth-order valence-corrected chi connectivity index (χ4v) is 9.58. The van der Waals surface area contributed by atoms with Crippen molar-refractivity contribution in [2.24, 2.45) is 27.6 Å². The van der Waals surface area contributed by atoms with Crippen LogP contribution in [-0.2, 0) is 19.6 Å². The summed E-state index contributed by atoms with van der Waals surface area (Å²) in [6, 6.07) is 11.2. The van der Waals surface area contributed by atoms with Crippen LogP contribution in [0, 0.1) is 21.4 Å². The molecule has 0 saturated heterocycles. The fraction of sp³-hybridized carbons (Fsp3) is 0.143. The third-order valence-electron chi connectivity index (χ3n) is 4.60. The maximum Gasteiger partial charge on any atom is 0.855 e. The van der Waals surface area contributed by atoms with Crippen LogP contribution in [0.15, 0.2) is 64.0 Å². The molecular formula is C21H15AlI6N6O3. The molecule has 9 nitrogen and oxygen atoms in total. The van der Waals surface area contributed by atoms with Gasteiger partial charge in [0, 0.05) is 27.4 Å². The molecule has 3 rings (SSSR count). The number of rotatable bonds is 9. The smallest absolute Gasteiger partial charge is 0.506 e. The lowest BCUT2D eigenvalue weighted by Crippen LogP contribution is -2.02. The number of benzene rings is 3. The third-order valence-corrected chi connectivity index (χ3v) is 10.0. The van der Waals surface area contributed by atoms with Gasteiger partial charge in [-0.1, -0.05) is 0 Å². The first kappa shape index (κ1) is 32.3. The van der Waals surface area contributed by atoms with Crippen LogP contribution >= 0.6 is 136 Å². The van der Waals surface area contributed by atoms with Crippen LogP contribution in [0.3, 0.4) is 0 Å². The molecule has 3 aromatic rings. The van der Waals surface area contributed by atoms with E-state index < -0.39 is 14.8 Å². The second-order valence-corrected chi connectivity index (χ2v) is 15.9. The van der Waals surface area contributed by atoms with Gasteiger partial charge in [0.1, 0.15) is 17.2 Å². The molecule has 3 N–H and O–H groups in total. The van der Waals surface area contributed by atoms with Crippen LogP contribution in [0.5, 0.6) is 17.2 Å². The highest BCUT2D eigenvalue weighted by Crippen LogP contribution is 2.30. The van der Waals surface area contributed by atoms with Crippen molar-refractivity contribution in [1.82, 2.24) is 0 Å². The van der Waals surface area contributed by atoms with E-state index in [1.807, 2.05) is 36.4 Å². The zero-order valence-electron chi connectivity index (χ0n) is 18.5. The Morgan fingerprint density at radius 1 is 0.486 bits per heavy atom.